The Morgan fingerprint density at radius 2 is 1.48 bits per heavy atom. The zero-order chi connectivity index (χ0) is 22.3. The van der Waals surface area contributed by atoms with E-state index in [9.17, 15) is 9.59 Å². The first-order valence-corrected chi connectivity index (χ1v) is 11.2. The molecule has 10 heteroatoms. The first kappa shape index (κ1) is 22.4. The Hall–Kier alpha value is -1.76. The van der Waals surface area contributed by atoms with Crippen molar-refractivity contribution in [1.82, 2.24) is 9.88 Å². The van der Waals surface area contributed by atoms with E-state index in [1.165, 1.54) is 0 Å². The first-order valence-electron chi connectivity index (χ1n) is 9.31. The van der Waals surface area contributed by atoms with Gasteiger partial charge in [0.25, 0.3) is 11.8 Å². The average Bonchev–Trinajstić information content (AvgIpc) is 3.00. The van der Waals surface area contributed by atoms with E-state index in [4.69, 9.17) is 58.0 Å². The Bertz CT molecular complexity index is 1180. The highest BCUT2D eigenvalue weighted by atomic mass is 35.5. The number of halogens is 5. The van der Waals surface area contributed by atoms with E-state index in [0.717, 1.165) is 21.5 Å². The minimum absolute atomic E-state index is 0.00566. The molecule has 2 amide bonds. The number of amides is 2. The molecule has 1 aromatic heterocycles. The maximum absolute atomic E-state index is 12.7. The van der Waals surface area contributed by atoms with E-state index in [2.05, 4.69) is 10.3 Å². The van der Waals surface area contributed by atoms with Gasteiger partial charge in [-0.1, -0.05) is 58.0 Å². The number of carbonyl (C=O) groups excluding carboxylic acids is 2. The summed E-state index contributed by atoms with van der Waals surface area (Å²) in [5, 5.41) is 4.76. The maximum atomic E-state index is 12.7. The fourth-order valence-corrected chi connectivity index (χ4v) is 4.67. The molecule has 0 radical (unpaired) electrons. The Morgan fingerprint density at radius 3 is 2.13 bits per heavy atom. The lowest BCUT2D eigenvalue weighted by atomic mass is 10.1. The number of fused-ring (bicyclic) bond motifs is 2. The van der Waals surface area contributed by atoms with E-state index in [0.29, 0.717) is 24.4 Å². The maximum Gasteiger partial charge on any atom is 0.263 e. The molecule has 5 nitrogen and oxygen atoms in total. The van der Waals surface area contributed by atoms with E-state index in [1.807, 2.05) is 18.2 Å². The third kappa shape index (κ3) is 4.06. The van der Waals surface area contributed by atoms with Crippen molar-refractivity contribution in [2.75, 3.05) is 18.4 Å². The van der Waals surface area contributed by atoms with Crippen LogP contribution in [0.3, 0.4) is 0 Å². The van der Waals surface area contributed by atoms with Gasteiger partial charge in [0.1, 0.15) is 0 Å². The van der Waals surface area contributed by atoms with Gasteiger partial charge in [-0.3, -0.25) is 19.5 Å². The molecule has 0 bridgehead atoms. The quantitative estimate of drug-likeness (QED) is 0.166. The molecule has 0 unspecified atom stereocenters. The summed E-state index contributed by atoms with van der Waals surface area (Å²) in [6, 6.07) is 7.42. The summed E-state index contributed by atoms with van der Waals surface area (Å²) in [4.78, 5) is 30.9. The van der Waals surface area contributed by atoms with Gasteiger partial charge in [0.2, 0.25) is 0 Å². The molecule has 31 heavy (non-hydrogen) atoms. The molecule has 0 atom stereocenters. The minimum atomic E-state index is -0.518. The van der Waals surface area contributed by atoms with Crippen LogP contribution in [0.2, 0.25) is 25.1 Å². The van der Waals surface area contributed by atoms with E-state index < -0.39 is 11.8 Å². The number of nitrogens with zero attached hydrogens (tertiary/aromatic N) is 2. The van der Waals surface area contributed by atoms with E-state index in [1.54, 1.807) is 12.3 Å². The van der Waals surface area contributed by atoms with Crippen LogP contribution in [0.25, 0.3) is 10.9 Å². The predicted octanol–water partition coefficient (Wildman–Crippen LogP) is 6.99. The third-order valence-corrected chi connectivity index (χ3v) is 7.05. The summed E-state index contributed by atoms with van der Waals surface area (Å²) in [5.41, 5.74) is 1.75. The topological polar surface area (TPSA) is 62.3 Å². The van der Waals surface area contributed by atoms with Gasteiger partial charge in [-0.25, -0.2) is 0 Å². The van der Waals surface area contributed by atoms with Crippen molar-refractivity contribution in [3.05, 3.63) is 66.7 Å². The van der Waals surface area contributed by atoms with Crippen LogP contribution in [0.4, 0.5) is 5.69 Å². The first-order chi connectivity index (χ1) is 14.8. The third-order valence-electron chi connectivity index (χ3n) is 5.01. The number of anilines is 1. The summed E-state index contributed by atoms with van der Waals surface area (Å²) in [7, 11) is 0. The number of carbonyl (C=O) groups is 2. The van der Waals surface area contributed by atoms with Crippen LogP contribution >= 0.6 is 58.0 Å². The molecule has 0 saturated heterocycles. The van der Waals surface area contributed by atoms with Gasteiger partial charge in [0, 0.05) is 35.4 Å². The normalized spacial score (nSPS) is 13.3. The molecule has 1 aliphatic rings. The highest BCUT2D eigenvalue weighted by Crippen LogP contribution is 2.44. The fraction of sp³-hybridized carbons (Fsp3) is 0.190. The lowest BCUT2D eigenvalue weighted by Crippen LogP contribution is -2.31. The largest absolute Gasteiger partial charge is 0.384 e. The summed E-state index contributed by atoms with van der Waals surface area (Å²) < 4.78 is 0. The number of aromatic nitrogens is 1. The number of hydrogen-bond acceptors (Lipinski definition) is 4. The lowest BCUT2D eigenvalue weighted by molar-refractivity contribution is 0.0652. The number of rotatable bonds is 6. The molecule has 0 aliphatic carbocycles. The molecule has 2 heterocycles. The number of hydrogen-bond donors (Lipinski definition) is 1. The Labute approximate surface area is 203 Å². The zero-order valence-corrected chi connectivity index (χ0v) is 19.6. The lowest BCUT2D eigenvalue weighted by Gasteiger charge is -2.14. The highest BCUT2D eigenvalue weighted by molar-refractivity contribution is 6.55. The smallest absolute Gasteiger partial charge is 0.263 e. The average molecular weight is 518 g/mol. The summed E-state index contributed by atoms with van der Waals surface area (Å²) in [6.07, 6.45) is 3.02. The van der Waals surface area contributed by atoms with Crippen molar-refractivity contribution in [3.63, 3.8) is 0 Å². The van der Waals surface area contributed by atoms with E-state index >= 15 is 0 Å². The number of pyridine rings is 1. The molecule has 1 aliphatic heterocycles. The Balaban J connectivity index is 1.39. The van der Waals surface area contributed by atoms with Crippen LogP contribution in [-0.2, 0) is 0 Å². The van der Waals surface area contributed by atoms with Crippen molar-refractivity contribution < 1.29 is 9.59 Å². The molecular formula is C21H14Cl5N3O2. The van der Waals surface area contributed by atoms with Gasteiger partial charge in [-0.15, -0.1) is 0 Å². The van der Waals surface area contributed by atoms with E-state index in [-0.39, 0.29) is 37.8 Å². The molecule has 1 N–H and O–H groups in total. The summed E-state index contributed by atoms with van der Waals surface area (Å²) in [6.45, 7) is 0.868. The molecule has 0 saturated carbocycles. The predicted molar refractivity (Wildman–Crippen MR) is 126 cm³/mol. The Kier molecular flexibility index (Phi) is 6.52. The molecule has 2 aromatic carbocycles. The molecule has 160 valence electrons. The second-order valence-electron chi connectivity index (χ2n) is 6.92. The molecule has 4 rings (SSSR count). The van der Waals surface area contributed by atoms with Crippen molar-refractivity contribution in [2.45, 2.75) is 12.8 Å². The zero-order valence-electron chi connectivity index (χ0n) is 15.8. The van der Waals surface area contributed by atoms with Crippen molar-refractivity contribution >= 4 is 86.4 Å². The van der Waals surface area contributed by atoms with Gasteiger partial charge in [-0.2, -0.15) is 0 Å². The second kappa shape index (κ2) is 9.00. The Morgan fingerprint density at radius 1 is 0.839 bits per heavy atom. The summed E-state index contributed by atoms with van der Waals surface area (Å²) >= 11 is 30.4. The van der Waals surface area contributed by atoms with Gasteiger partial charge >= 0.3 is 0 Å². The highest BCUT2D eigenvalue weighted by Gasteiger charge is 2.41. The SMILES string of the molecule is O=C1c2c(Cl)c(Cl)c(Cl)c(Cl)c2C(=O)N1CCCCNc1ccnc2cc(Cl)ccc12. The molecule has 0 spiro atoms. The number of imide groups is 1. The number of benzene rings is 2. The number of unbranched alkanes of at least 4 members (excludes halogenated alkanes) is 1. The fourth-order valence-electron chi connectivity index (χ4n) is 3.49. The van der Waals surface area contributed by atoms with Crippen molar-refractivity contribution in [3.8, 4) is 0 Å². The van der Waals surface area contributed by atoms with Gasteiger partial charge in [0.15, 0.2) is 0 Å². The molecular weight excluding hydrogens is 504 g/mol. The monoisotopic (exact) mass is 515 g/mol. The van der Waals surface area contributed by atoms with Gasteiger partial charge < -0.3 is 5.32 Å². The second-order valence-corrected chi connectivity index (χ2v) is 8.87. The van der Waals surface area contributed by atoms with Crippen molar-refractivity contribution in [1.29, 1.82) is 0 Å². The standard InChI is InChI=1S/C21H14Cl5N3O2/c22-10-3-4-11-12(5-7-28-13(11)9-10)27-6-1-2-8-29-20(30)14-15(21(29)31)17(24)19(26)18(25)16(14)23/h3-5,7,9H,1-2,6,8H2,(H,27,28). The van der Waals surface area contributed by atoms with Crippen LogP contribution in [-0.4, -0.2) is 34.8 Å². The van der Waals surface area contributed by atoms with Crippen LogP contribution in [0, 0.1) is 0 Å². The number of nitrogens with one attached hydrogen (secondary N) is 1. The van der Waals surface area contributed by atoms with Gasteiger partial charge in [-0.05, 0) is 37.1 Å². The van der Waals surface area contributed by atoms with Crippen LogP contribution in [0.1, 0.15) is 33.6 Å². The van der Waals surface area contributed by atoms with Crippen LogP contribution < -0.4 is 5.32 Å². The van der Waals surface area contributed by atoms with Crippen LogP contribution in [0.5, 0.6) is 0 Å². The van der Waals surface area contributed by atoms with Crippen LogP contribution in [0.15, 0.2) is 30.5 Å². The molecule has 0 fully saturated rings. The van der Waals surface area contributed by atoms with Crippen molar-refractivity contribution in [2.24, 2.45) is 0 Å². The summed E-state index contributed by atoms with van der Waals surface area (Å²) in [5.74, 6) is -1.04. The van der Waals surface area contributed by atoms with Gasteiger partial charge in [0.05, 0.1) is 36.7 Å². The minimum Gasteiger partial charge on any atom is -0.384 e. The molecule has 3 aromatic rings.